The third-order valence-electron chi connectivity index (χ3n) is 3.54. The van der Waals surface area contributed by atoms with Gasteiger partial charge in [0.05, 0.1) is 6.04 Å². The second-order valence-electron chi connectivity index (χ2n) is 6.11. The van der Waals surface area contributed by atoms with Gasteiger partial charge in [0.25, 0.3) is 0 Å². The van der Waals surface area contributed by atoms with Crippen molar-refractivity contribution in [1.29, 1.82) is 0 Å². The number of nitrogens with one attached hydrogen (secondary N) is 1. The largest absolute Gasteiger partial charge is 0.301 e. The standard InChI is InChI=1S/C17H25N3S/c1-11(2)10-15-6-8-16(9-7-15)12(3)18-13(4)17-20-19-14(5)21-17/h6-9,11-13,18H,10H2,1-5H3. The summed E-state index contributed by atoms with van der Waals surface area (Å²) in [4.78, 5) is 0. The van der Waals surface area contributed by atoms with Crippen LogP contribution in [0.5, 0.6) is 0 Å². The summed E-state index contributed by atoms with van der Waals surface area (Å²) in [5.41, 5.74) is 2.73. The van der Waals surface area contributed by atoms with Crippen molar-refractivity contribution < 1.29 is 0 Å². The molecule has 0 fully saturated rings. The summed E-state index contributed by atoms with van der Waals surface area (Å²) in [6.07, 6.45) is 1.14. The Morgan fingerprint density at radius 2 is 1.67 bits per heavy atom. The average molecular weight is 303 g/mol. The van der Waals surface area contributed by atoms with Gasteiger partial charge in [0.2, 0.25) is 0 Å². The van der Waals surface area contributed by atoms with Crippen LogP contribution in [0.2, 0.25) is 0 Å². The second-order valence-corrected chi connectivity index (χ2v) is 7.32. The zero-order valence-electron chi connectivity index (χ0n) is 13.6. The number of rotatable bonds is 6. The Kier molecular flexibility index (Phi) is 5.48. The van der Waals surface area contributed by atoms with E-state index >= 15 is 0 Å². The zero-order valence-corrected chi connectivity index (χ0v) is 14.4. The molecule has 114 valence electrons. The summed E-state index contributed by atoms with van der Waals surface area (Å²) in [6.45, 7) is 10.8. The number of benzene rings is 1. The van der Waals surface area contributed by atoms with Crippen molar-refractivity contribution in [3.05, 3.63) is 45.4 Å². The van der Waals surface area contributed by atoms with Crippen molar-refractivity contribution in [2.24, 2.45) is 5.92 Å². The van der Waals surface area contributed by atoms with E-state index in [1.807, 2.05) is 6.92 Å². The maximum Gasteiger partial charge on any atom is 0.134 e. The molecule has 21 heavy (non-hydrogen) atoms. The first-order valence-electron chi connectivity index (χ1n) is 7.60. The molecule has 0 aliphatic heterocycles. The van der Waals surface area contributed by atoms with Gasteiger partial charge in [0, 0.05) is 6.04 Å². The predicted octanol–water partition coefficient (Wildman–Crippen LogP) is 4.46. The van der Waals surface area contributed by atoms with E-state index in [9.17, 15) is 0 Å². The van der Waals surface area contributed by atoms with Crippen LogP contribution in [0.3, 0.4) is 0 Å². The lowest BCUT2D eigenvalue weighted by atomic mass is 10.00. The summed E-state index contributed by atoms with van der Waals surface area (Å²) in [7, 11) is 0. The first kappa shape index (κ1) is 16.1. The summed E-state index contributed by atoms with van der Waals surface area (Å²) in [5.74, 6) is 0.701. The van der Waals surface area contributed by atoms with Gasteiger partial charge in [0.15, 0.2) is 0 Å². The topological polar surface area (TPSA) is 37.8 Å². The summed E-state index contributed by atoms with van der Waals surface area (Å²) >= 11 is 1.66. The molecule has 0 saturated carbocycles. The Morgan fingerprint density at radius 3 is 2.19 bits per heavy atom. The van der Waals surface area contributed by atoms with E-state index in [0.717, 1.165) is 16.4 Å². The summed E-state index contributed by atoms with van der Waals surface area (Å²) in [5, 5.41) is 14.0. The van der Waals surface area contributed by atoms with Crippen molar-refractivity contribution in [3.8, 4) is 0 Å². The van der Waals surface area contributed by atoms with Gasteiger partial charge in [-0.15, -0.1) is 21.5 Å². The Hall–Kier alpha value is -1.26. The lowest BCUT2D eigenvalue weighted by Gasteiger charge is -2.19. The van der Waals surface area contributed by atoms with Gasteiger partial charge in [-0.3, -0.25) is 0 Å². The minimum Gasteiger partial charge on any atom is -0.301 e. The number of hydrogen-bond acceptors (Lipinski definition) is 4. The molecule has 1 aromatic heterocycles. The summed E-state index contributed by atoms with van der Waals surface area (Å²) in [6, 6.07) is 9.47. The molecular weight excluding hydrogens is 278 g/mol. The highest BCUT2D eigenvalue weighted by Gasteiger charge is 2.14. The highest BCUT2D eigenvalue weighted by molar-refractivity contribution is 7.11. The fraction of sp³-hybridized carbons (Fsp3) is 0.529. The molecule has 0 spiro atoms. The van der Waals surface area contributed by atoms with Gasteiger partial charge in [-0.1, -0.05) is 38.1 Å². The fourth-order valence-corrected chi connectivity index (χ4v) is 3.15. The van der Waals surface area contributed by atoms with Crippen LogP contribution in [0.15, 0.2) is 24.3 Å². The van der Waals surface area contributed by atoms with Gasteiger partial charge in [-0.05, 0) is 44.2 Å². The Labute approximate surface area is 131 Å². The van der Waals surface area contributed by atoms with Gasteiger partial charge in [-0.25, -0.2) is 0 Å². The van der Waals surface area contributed by atoms with Crippen LogP contribution in [-0.4, -0.2) is 10.2 Å². The molecule has 2 atom stereocenters. The Bertz CT molecular complexity index is 560. The van der Waals surface area contributed by atoms with Gasteiger partial charge in [-0.2, -0.15) is 0 Å². The normalized spacial score (nSPS) is 14.4. The zero-order chi connectivity index (χ0) is 15.4. The smallest absolute Gasteiger partial charge is 0.134 e. The SMILES string of the molecule is Cc1nnc(C(C)NC(C)c2ccc(CC(C)C)cc2)s1. The molecule has 2 rings (SSSR count). The first-order valence-corrected chi connectivity index (χ1v) is 8.42. The van der Waals surface area contributed by atoms with E-state index in [-0.39, 0.29) is 6.04 Å². The van der Waals surface area contributed by atoms with E-state index < -0.39 is 0 Å². The maximum atomic E-state index is 4.22. The number of hydrogen-bond donors (Lipinski definition) is 1. The minimum absolute atomic E-state index is 0.224. The maximum absolute atomic E-state index is 4.22. The molecule has 2 aromatic rings. The van der Waals surface area contributed by atoms with Crippen LogP contribution >= 0.6 is 11.3 Å². The molecular formula is C17H25N3S. The molecule has 0 aliphatic rings. The van der Waals surface area contributed by atoms with Crippen LogP contribution in [0.4, 0.5) is 0 Å². The molecule has 0 bridgehead atoms. The summed E-state index contributed by atoms with van der Waals surface area (Å²) < 4.78 is 0. The number of nitrogens with zero attached hydrogens (tertiary/aromatic N) is 2. The quantitative estimate of drug-likeness (QED) is 0.856. The molecule has 1 N–H and O–H groups in total. The van der Waals surface area contributed by atoms with E-state index in [0.29, 0.717) is 12.0 Å². The third-order valence-corrected chi connectivity index (χ3v) is 4.56. The monoisotopic (exact) mass is 303 g/mol. The van der Waals surface area contributed by atoms with Crippen LogP contribution in [-0.2, 0) is 6.42 Å². The van der Waals surface area contributed by atoms with Crippen LogP contribution < -0.4 is 5.32 Å². The minimum atomic E-state index is 0.224. The van der Waals surface area contributed by atoms with E-state index in [1.165, 1.54) is 11.1 Å². The van der Waals surface area contributed by atoms with Crippen molar-refractivity contribution >= 4 is 11.3 Å². The predicted molar refractivity (Wildman–Crippen MR) is 89.6 cm³/mol. The number of aryl methyl sites for hydroxylation is 1. The van der Waals surface area contributed by atoms with Crippen molar-refractivity contribution in [2.45, 2.75) is 53.1 Å². The van der Waals surface area contributed by atoms with Crippen molar-refractivity contribution in [2.75, 3.05) is 0 Å². The Morgan fingerprint density at radius 1 is 1.00 bits per heavy atom. The van der Waals surface area contributed by atoms with Gasteiger partial charge < -0.3 is 5.32 Å². The van der Waals surface area contributed by atoms with Crippen LogP contribution in [0.1, 0.15) is 60.9 Å². The molecule has 0 saturated heterocycles. The molecule has 0 radical (unpaired) electrons. The molecule has 1 heterocycles. The Balaban J connectivity index is 1.98. The molecule has 0 amide bonds. The highest BCUT2D eigenvalue weighted by atomic mass is 32.1. The third kappa shape index (κ3) is 4.61. The molecule has 0 aliphatic carbocycles. The van der Waals surface area contributed by atoms with Gasteiger partial charge >= 0.3 is 0 Å². The first-order chi connectivity index (χ1) is 9.95. The van der Waals surface area contributed by atoms with Crippen LogP contribution in [0, 0.1) is 12.8 Å². The average Bonchev–Trinajstić information content (AvgIpc) is 2.85. The van der Waals surface area contributed by atoms with E-state index in [1.54, 1.807) is 11.3 Å². The van der Waals surface area contributed by atoms with Crippen molar-refractivity contribution in [1.82, 2.24) is 15.5 Å². The number of aromatic nitrogens is 2. The fourth-order valence-electron chi connectivity index (χ4n) is 2.44. The molecule has 4 heteroatoms. The van der Waals surface area contributed by atoms with Crippen molar-refractivity contribution in [3.63, 3.8) is 0 Å². The lowest BCUT2D eigenvalue weighted by molar-refractivity contribution is 0.490. The lowest BCUT2D eigenvalue weighted by Crippen LogP contribution is -2.22. The molecule has 1 aromatic carbocycles. The van der Waals surface area contributed by atoms with Gasteiger partial charge in [0.1, 0.15) is 10.0 Å². The van der Waals surface area contributed by atoms with E-state index in [4.69, 9.17) is 0 Å². The molecule has 2 unspecified atom stereocenters. The van der Waals surface area contributed by atoms with E-state index in [2.05, 4.69) is 67.5 Å². The molecule has 3 nitrogen and oxygen atoms in total. The van der Waals surface area contributed by atoms with Crippen LogP contribution in [0.25, 0.3) is 0 Å². The second kappa shape index (κ2) is 7.14. The highest BCUT2D eigenvalue weighted by Crippen LogP contribution is 2.22.